The Balaban J connectivity index is 2.54. The molecule has 0 aromatic heterocycles. The van der Waals surface area contributed by atoms with E-state index in [0.29, 0.717) is 13.2 Å². The van der Waals surface area contributed by atoms with Gasteiger partial charge < -0.3 is 9.53 Å². The van der Waals surface area contributed by atoms with E-state index in [4.69, 9.17) is 4.74 Å². The Morgan fingerprint density at radius 3 is 1.94 bits per heavy atom. The van der Waals surface area contributed by atoms with E-state index in [1.807, 2.05) is 0 Å². The molecule has 1 saturated heterocycles. The predicted octanol–water partition coefficient (Wildman–Crippen LogP) is 3.07. The van der Waals surface area contributed by atoms with E-state index in [-0.39, 0.29) is 5.41 Å². The number of hydrogen-bond acceptors (Lipinski definition) is 2. The number of benzene rings is 1. The molecular formula is C16H22O2. The SMILES string of the molecule is Cc1cc(C(C)(C)C)cc(C)c1C1(C=O)COC1. The molecule has 0 amide bonds. The molecule has 98 valence electrons. The van der Waals surface area contributed by atoms with Crippen LogP contribution in [0.2, 0.25) is 0 Å². The lowest BCUT2D eigenvalue weighted by Gasteiger charge is -2.39. The fourth-order valence-corrected chi connectivity index (χ4v) is 2.78. The molecule has 1 heterocycles. The molecule has 0 bridgehead atoms. The highest BCUT2D eigenvalue weighted by Crippen LogP contribution is 2.37. The summed E-state index contributed by atoms with van der Waals surface area (Å²) in [4.78, 5) is 11.4. The van der Waals surface area contributed by atoms with Crippen LogP contribution in [0, 0.1) is 13.8 Å². The van der Waals surface area contributed by atoms with Crippen molar-refractivity contribution in [3.05, 3.63) is 34.4 Å². The Morgan fingerprint density at radius 2 is 1.67 bits per heavy atom. The van der Waals surface area contributed by atoms with E-state index in [1.54, 1.807) is 0 Å². The minimum atomic E-state index is -0.398. The van der Waals surface area contributed by atoms with Gasteiger partial charge in [-0.3, -0.25) is 0 Å². The first kappa shape index (κ1) is 13.3. The summed E-state index contributed by atoms with van der Waals surface area (Å²) in [5.41, 5.74) is 4.63. The smallest absolute Gasteiger partial charge is 0.135 e. The summed E-state index contributed by atoms with van der Waals surface area (Å²) in [6, 6.07) is 4.43. The molecule has 2 nitrogen and oxygen atoms in total. The van der Waals surface area contributed by atoms with Gasteiger partial charge in [0.05, 0.1) is 18.6 Å². The van der Waals surface area contributed by atoms with E-state index < -0.39 is 5.41 Å². The van der Waals surface area contributed by atoms with Gasteiger partial charge in [0.25, 0.3) is 0 Å². The molecule has 0 radical (unpaired) electrons. The maximum Gasteiger partial charge on any atom is 0.135 e. The average molecular weight is 246 g/mol. The fourth-order valence-electron chi connectivity index (χ4n) is 2.78. The lowest BCUT2D eigenvalue weighted by molar-refractivity contribution is -0.130. The van der Waals surface area contributed by atoms with Crippen LogP contribution in [-0.2, 0) is 20.4 Å². The van der Waals surface area contributed by atoms with Gasteiger partial charge in [-0.05, 0) is 41.5 Å². The third-order valence-corrected chi connectivity index (χ3v) is 3.84. The van der Waals surface area contributed by atoms with Crippen molar-refractivity contribution in [3.8, 4) is 0 Å². The number of carbonyl (C=O) groups is 1. The molecule has 0 aliphatic carbocycles. The van der Waals surface area contributed by atoms with E-state index >= 15 is 0 Å². The van der Waals surface area contributed by atoms with Crippen LogP contribution >= 0.6 is 0 Å². The van der Waals surface area contributed by atoms with Gasteiger partial charge in [0.1, 0.15) is 6.29 Å². The molecule has 1 aromatic carbocycles. The van der Waals surface area contributed by atoms with Crippen LogP contribution < -0.4 is 0 Å². The first-order valence-corrected chi connectivity index (χ1v) is 6.46. The van der Waals surface area contributed by atoms with E-state index in [2.05, 4.69) is 46.8 Å². The summed E-state index contributed by atoms with van der Waals surface area (Å²) in [6.45, 7) is 11.9. The minimum Gasteiger partial charge on any atom is -0.379 e. The standard InChI is InChI=1S/C16H22O2/c1-11-6-13(15(3,4)5)7-12(2)14(11)16(8-17)9-18-10-16/h6-8H,9-10H2,1-5H3. The maximum absolute atomic E-state index is 11.4. The van der Waals surface area contributed by atoms with Crippen molar-refractivity contribution in [2.24, 2.45) is 0 Å². The highest BCUT2D eigenvalue weighted by Gasteiger charge is 2.42. The second kappa shape index (κ2) is 4.20. The van der Waals surface area contributed by atoms with Crippen molar-refractivity contribution in [3.63, 3.8) is 0 Å². The van der Waals surface area contributed by atoms with Crippen LogP contribution in [0.25, 0.3) is 0 Å². The monoisotopic (exact) mass is 246 g/mol. The Hall–Kier alpha value is -1.15. The third-order valence-electron chi connectivity index (χ3n) is 3.84. The number of hydrogen-bond donors (Lipinski definition) is 0. The van der Waals surface area contributed by atoms with Crippen molar-refractivity contribution >= 4 is 6.29 Å². The van der Waals surface area contributed by atoms with Gasteiger partial charge in [0.15, 0.2) is 0 Å². The quantitative estimate of drug-likeness (QED) is 0.750. The first-order valence-electron chi connectivity index (χ1n) is 6.46. The van der Waals surface area contributed by atoms with Crippen LogP contribution in [0.4, 0.5) is 0 Å². The summed E-state index contributed by atoms with van der Waals surface area (Å²) in [6.07, 6.45) is 1.06. The van der Waals surface area contributed by atoms with Crippen LogP contribution in [-0.4, -0.2) is 19.5 Å². The molecule has 2 rings (SSSR count). The highest BCUT2D eigenvalue weighted by molar-refractivity contribution is 5.73. The van der Waals surface area contributed by atoms with Crippen molar-refractivity contribution in [2.45, 2.75) is 45.4 Å². The zero-order valence-corrected chi connectivity index (χ0v) is 12.0. The van der Waals surface area contributed by atoms with Crippen molar-refractivity contribution < 1.29 is 9.53 Å². The van der Waals surface area contributed by atoms with Crippen LogP contribution in [0.3, 0.4) is 0 Å². The summed E-state index contributed by atoms with van der Waals surface area (Å²) in [7, 11) is 0. The molecule has 2 heteroatoms. The number of aryl methyl sites for hydroxylation is 2. The number of rotatable bonds is 2. The Morgan fingerprint density at radius 1 is 1.17 bits per heavy atom. The highest BCUT2D eigenvalue weighted by atomic mass is 16.5. The van der Waals surface area contributed by atoms with Gasteiger partial charge in [-0.15, -0.1) is 0 Å². The summed E-state index contributed by atoms with van der Waals surface area (Å²) in [5, 5.41) is 0. The molecule has 0 saturated carbocycles. The molecule has 1 aliphatic heterocycles. The molecule has 1 fully saturated rings. The molecule has 0 spiro atoms. The molecule has 0 unspecified atom stereocenters. The van der Waals surface area contributed by atoms with Crippen LogP contribution in [0.5, 0.6) is 0 Å². The second-order valence-corrected chi connectivity index (χ2v) is 6.50. The van der Waals surface area contributed by atoms with Gasteiger partial charge in [0.2, 0.25) is 0 Å². The fraction of sp³-hybridized carbons (Fsp3) is 0.562. The Labute approximate surface area is 109 Å². The molecular weight excluding hydrogens is 224 g/mol. The van der Waals surface area contributed by atoms with E-state index in [9.17, 15) is 4.79 Å². The first-order chi connectivity index (χ1) is 8.30. The van der Waals surface area contributed by atoms with Crippen LogP contribution in [0.1, 0.15) is 43.0 Å². The Bertz CT molecular complexity index is 453. The number of carbonyl (C=O) groups excluding carboxylic acids is 1. The molecule has 18 heavy (non-hydrogen) atoms. The summed E-state index contributed by atoms with van der Waals surface area (Å²) in [5.74, 6) is 0. The zero-order valence-electron chi connectivity index (χ0n) is 12.0. The minimum absolute atomic E-state index is 0.137. The predicted molar refractivity (Wildman–Crippen MR) is 73.2 cm³/mol. The third kappa shape index (κ3) is 1.99. The van der Waals surface area contributed by atoms with E-state index in [1.165, 1.54) is 16.7 Å². The molecule has 1 aliphatic rings. The normalized spacial score (nSPS) is 18.3. The van der Waals surface area contributed by atoms with Gasteiger partial charge in [-0.2, -0.15) is 0 Å². The topological polar surface area (TPSA) is 26.3 Å². The largest absolute Gasteiger partial charge is 0.379 e. The molecule has 0 N–H and O–H groups in total. The Kier molecular flexibility index (Phi) is 3.10. The van der Waals surface area contributed by atoms with E-state index in [0.717, 1.165) is 11.8 Å². The lowest BCUT2D eigenvalue weighted by atomic mass is 9.73. The zero-order chi connectivity index (χ0) is 13.6. The number of aldehydes is 1. The summed E-state index contributed by atoms with van der Waals surface area (Å²) < 4.78 is 5.26. The van der Waals surface area contributed by atoms with Gasteiger partial charge in [0, 0.05) is 0 Å². The van der Waals surface area contributed by atoms with Gasteiger partial charge >= 0.3 is 0 Å². The van der Waals surface area contributed by atoms with Crippen LogP contribution in [0.15, 0.2) is 12.1 Å². The summed E-state index contributed by atoms with van der Waals surface area (Å²) >= 11 is 0. The number of ether oxygens (including phenoxy) is 1. The molecule has 1 aromatic rings. The average Bonchev–Trinajstić information content (AvgIpc) is 2.19. The molecule has 0 atom stereocenters. The second-order valence-electron chi connectivity index (χ2n) is 6.50. The van der Waals surface area contributed by atoms with Gasteiger partial charge in [-0.25, -0.2) is 0 Å². The van der Waals surface area contributed by atoms with Crippen molar-refractivity contribution in [1.82, 2.24) is 0 Å². The lowest BCUT2D eigenvalue weighted by Crippen LogP contribution is -2.49. The van der Waals surface area contributed by atoms with Gasteiger partial charge in [-0.1, -0.05) is 32.9 Å². The van der Waals surface area contributed by atoms with Crippen molar-refractivity contribution in [1.29, 1.82) is 0 Å². The van der Waals surface area contributed by atoms with Crippen molar-refractivity contribution in [2.75, 3.05) is 13.2 Å². The maximum atomic E-state index is 11.4.